The van der Waals surface area contributed by atoms with Crippen molar-refractivity contribution in [2.45, 2.75) is 19.6 Å². The lowest BCUT2D eigenvalue weighted by atomic mass is 10.1. The van der Waals surface area contributed by atoms with Crippen molar-refractivity contribution in [3.8, 4) is 11.5 Å². The maximum absolute atomic E-state index is 13.3. The second-order valence-electron chi connectivity index (χ2n) is 4.65. The van der Waals surface area contributed by atoms with Gasteiger partial charge in [0.15, 0.2) is 11.5 Å². The number of hydrogen-bond acceptors (Lipinski definition) is 3. The minimum atomic E-state index is -0.577. The zero-order valence-corrected chi connectivity index (χ0v) is 13.4. The number of methoxy groups -OCH3 is 1. The summed E-state index contributed by atoms with van der Waals surface area (Å²) in [7, 11) is 1.53. The summed E-state index contributed by atoms with van der Waals surface area (Å²) < 4.78 is 24.9. The lowest BCUT2D eigenvalue weighted by Crippen LogP contribution is -2.00. The van der Waals surface area contributed by atoms with Crippen molar-refractivity contribution in [2.24, 2.45) is 0 Å². The molecule has 0 fully saturated rings. The monoisotopic (exact) mass is 354 g/mol. The van der Waals surface area contributed by atoms with Gasteiger partial charge in [-0.1, -0.05) is 22.0 Å². The van der Waals surface area contributed by atoms with E-state index in [2.05, 4.69) is 15.9 Å². The van der Waals surface area contributed by atoms with Gasteiger partial charge in [-0.3, -0.25) is 0 Å². The molecule has 0 radical (unpaired) electrons. The Kier molecular flexibility index (Phi) is 5.20. The number of aliphatic hydroxyl groups is 1. The van der Waals surface area contributed by atoms with Crippen LogP contribution in [0.5, 0.6) is 11.5 Å². The van der Waals surface area contributed by atoms with E-state index in [0.29, 0.717) is 21.5 Å². The molecule has 21 heavy (non-hydrogen) atoms. The van der Waals surface area contributed by atoms with E-state index >= 15 is 0 Å². The fraction of sp³-hybridized carbons (Fsp3) is 0.250. The van der Waals surface area contributed by atoms with Crippen LogP contribution in [0.1, 0.15) is 24.2 Å². The Labute approximate surface area is 131 Å². The van der Waals surface area contributed by atoms with Crippen LogP contribution in [0.25, 0.3) is 0 Å². The highest BCUT2D eigenvalue weighted by molar-refractivity contribution is 9.10. The van der Waals surface area contributed by atoms with Crippen molar-refractivity contribution in [1.29, 1.82) is 0 Å². The van der Waals surface area contributed by atoms with Crippen molar-refractivity contribution in [3.05, 3.63) is 57.8 Å². The van der Waals surface area contributed by atoms with E-state index in [1.165, 1.54) is 19.2 Å². The third-order valence-electron chi connectivity index (χ3n) is 2.99. The van der Waals surface area contributed by atoms with E-state index in [-0.39, 0.29) is 12.4 Å². The number of benzene rings is 2. The minimum Gasteiger partial charge on any atom is -0.493 e. The Morgan fingerprint density at radius 1 is 1.19 bits per heavy atom. The first-order chi connectivity index (χ1) is 9.99. The van der Waals surface area contributed by atoms with Gasteiger partial charge in [0.05, 0.1) is 13.2 Å². The van der Waals surface area contributed by atoms with Crippen LogP contribution < -0.4 is 9.47 Å². The first-order valence-corrected chi connectivity index (χ1v) is 7.22. The normalized spacial score (nSPS) is 12.0. The number of halogens is 2. The lowest BCUT2D eigenvalue weighted by Gasteiger charge is -2.13. The topological polar surface area (TPSA) is 38.7 Å². The predicted octanol–water partition coefficient (Wildman–Crippen LogP) is 4.23. The van der Waals surface area contributed by atoms with E-state index in [9.17, 15) is 9.50 Å². The van der Waals surface area contributed by atoms with Gasteiger partial charge in [-0.05, 0) is 48.4 Å². The minimum absolute atomic E-state index is 0.223. The van der Waals surface area contributed by atoms with Gasteiger partial charge in [0, 0.05) is 4.47 Å². The number of ether oxygens (including phenoxy) is 2. The molecule has 2 rings (SSSR count). The van der Waals surface area contributed by atoms with Gasteiger partial charge in [-0.25, -0.2) is 4.39 Å². The maximum atomic E-state index is 13.3. The van der Waals surface area contributed by atoms with Gasteiger partial charge in [-0.15, -0.1) is 0 Å². The van der Waals surface area contributed by atoms with Crippen LogP contribution in [-0.4, -0.2) is 12.2 Å². The van der Waals surface area contributed by atoms with E-state index in [4.69, 9.17) is 9.47 Å². The summed E-state index contributed by atoms with van der Waals surface area (Å²) in [6, 6.07) is 9.82. The van der Waals surface area contributed by atoms with Gasteiger partial charge in [0.2, 0.25) is 0 Å². The third-order valence-corrected chi connectivity index (χ3v) is 3.44. The first kappa shape index (κ1) is 15.8. The fourth-order valence-electron chi connectivity index (χ4n) is 1.92. The summed E-state index contributed by atoms with van der Waals surface area (Å²) >= 11 is 3.24. The SMILES string of the molecule is COc1cc([C@@H](C)O)ccc1OCc1cc(F)cc(Br)c1. The van der Waals surface area contributed by atoms with Crippen LogP contribution in [0.4, 0.5) is 4.39 Å². The third kappa shape index (κ3) is 4.19. The largest absolute Gasteiger partial charge is 0.493 e. The second-order valence-corrected chi connectivity index (χ2v) is 5.57. The van der Waals surface area contributed by atoms with E-state index in [1.807, 2.05) is 0 Å². The molecule has 0 aliphatic rings. The van der Waals surface area contributed by atoms with Crippen molar-refractivity contribution in [3.63, 3.8) is 0 Å². The van der Waals surface area contributed by atoms with Crippen LogP contribution in [0.15, 0.2) is 40.9 Å². The molecule has 0 heterocycles. The predicted molar refractivity (Wildman–Crippen MR) is 82.1 cm³/mol. The molecule has 0 saturated heterocycles. The summed E-state index contributed by atoms with van der Waals surface area (Å²) in [5, 5.41) is 9.56. The van der Waals surface area contributed by atoms with E-state index < -0.39 is 6.10 Å². The van der Waals surface area contributed by atoms with E-state index in [0.717, 1.165) is 5.56 Å². The Hall–Kier alpha value is -1.59. The molecule has 0 aliphatic heterocycles. The van der Waals surface area contributed by atoms with Gasteiger partial charge in [0.1, 0.15) is 12.4 Å². The number of hydrogen-bond donors (Lipinski definition) is 1. The Morgan fingerprint density at radius 2 is 1.95 bits per heavy atom. The van der Waals surface area contributed by atoms with Gasteiger partial charge in [0.25, 0.3) is 0 Å². The Balaban J connectivity index is 2.15. The summed E-state index contributed by atoms with van der Waals surface area (Å²) in [6.45, 7) is 1.90. The number of rotatable bonds is 5. The van der Waals surface area contributed by atoms with E-state index in [1.54, 1.807) is 31.2 Å². The van der Waals surface area contributed by atoms with Gasteiger partial charge < -0.3 is 14.6 Å². The molecule has 0 amide bonds. The van der Waals surface area contributed by atoms with Crippen LogP contribution in [0, 0.1) is 5.82 Å². The van der Waals surface area contributed by atoms with Crippen LogP contribution in [0.3, 0.4) is 0 Å². The molecule has 0 saturated carbocycles. The molecule has 5 heteroatoms. The van der Waals surface area contributed by atoms with Crippen molar-refractivity contribution < 1.29 is 19.0 Å². The van der Waals surface area contributed by atoms with Crippen LogP contribution >= 0.6 is 15.9 Å². The Bertz CT molecular complexity index is 609. The molecule has 0 bridgehead atoms. The van der Waals surface area contributed by atoms with Crippen LogP contribution in [0.2, 0.25) is 0 Å². The average molecular weight is 355 g/mol. The molecule has 0 unspecified atom stereocenters. The Morgan fingerprint density at radius 3 is 2.57 bits per heavy atom. The smallest absolute Gasteiger partial charge is 0.161 e. The highest BCUT2D eigenvalue weighted by Crippen LogP contribution is 2.31. The first-order valence-electron chi connectivity index (χ1n) is 6.43. The zero-order chi connectivity index (χ0) is 15.4. The fourth-order valence-corrected chi connectivity index (χ4v) is 2.43. The molecule has 3 nitrogen and oxygen atoms in total. The highest BCUT2D eigenvalue weighted by Gasteiger charge is 2.09. The average Bonchev–Trinajstić information content (AvgIpc) is 2.43. The molecular formula is C16H16BrFO3. The quantitative estimate of drug-likeness (QED) is 0.873. The molecule has 2 aromatic rings. The molecule has 2 aromatic carbocycles. The number of aliphatic hydroxyl groups excluding tert-OH is 1. The van der Waals surface area contributed by atoms with Gasteiger partial charge in [-0.2, -0.15) is 0 Å². The molecule has 0 aromatic heterocycles. The van der Waals surface area contributed by atoms with Crippen molar-refractivity contribution in [1.82, 2.24) is 0 Å². The maximum Gasteiger partial charge on any atom is 0.161 e. The van der Waals surface area contributed by atoms with Crippen LogP contribution in [-0.2, 0) is 6.61 Å². The molecule has 112 valence electrons. The summed E-state index contributed by atoms with van der Waals surface area (Å²) in [6.07, 6.45) is -0.577. The molecule has 0 spiro atoms. The summed E-state index contributed by atoms with van der Waals surface area (Å²) in [5.41, 5.74) is 1.45. The highest BCUT2D eigenvalue weighted by atomic mass is 79.9. The molecule has 1 atom stereocenters. The van der Waals surface area contributed by atoms with Gasteiger partial charge >= 0.3 is 0 Å². The zero-order valence-electron chi connectivity index (χ0n) is 11.8. The van der Waals surface area contributed by atoms with Crippen molar-refractivity contribution in [2.75, 3.05) is 7.11 Å². The summed E-state index contributed by atoms with van der Waals surface area (Å²) in [5.74, 6) is 0.755. The lowest BCUT2D eigenvalue weighted by molar-refractivity contribution is 0.198. The summed E-state index contributed by atoms with van der Waals surface area (Å²) in [4.78, 5) is 0. The molecule has 1 N–H and O–H groups in total. The molecular weight excluding hydrogens is 339 g/mol. The second kappa shape index (κ2) is 6.91. The van der Waals surface area contributed by atoms with Crippen molar-refractivity contribution >= 4 is 15.9 Å². The molecule has 0 aliphatic carbocycles. The standard InChI is InChI=1S/C16H16BrFO3/c1-10(19)12-3-4-15(16(7-12)20-2)21-9-11-5-13(17)8-14(18)6-11/h3-8,10,19H,9H2,1-2H3/t10-/m1/s1.